The topological polar surface area (TPSA) is 9.23 Å². The number of benzene rings is 1. The van der Waals surface area contributed by atoms with Gasteiger partial charge in [0.2, 0.25) is 0 Å². The lowest BCUT2D eigenvalue weighted by atomic mass is 10.2. The molecular weight excluding hydrogens is 224 g/mol. The van der Waals surface area contributed by atoms with Crippen molar-refractivity contribution < 1.29 is 4.74 Å². The number of hydrogen-bond donors (Lipinski definition) is 1. The van der Waals surface area contributed by atoms with E-state index < -0.39 is 0 Å². The molecule has 0 aliphatic rings. The predicted molar refractivity (Wildman–Crippen MR) is 52.7 cm³/mol. The van der Waals surface area contributed by atoms with Crippen molar-refractivity contribution in [2.24, 2.45) is 0 Å². The maximum Gasteiger partial charge on any atom is 0.136 e. The van der Waals surface area contributed by atoms with E-state index in [1.165, 1.54) is 0 Å². The normalized spacial score (nSPS) is 9.82. The Morgan fingerprint density at radius 1 is 1.45 bits per heavy atom. The third kappa shape index (κ3) is 1.71. The van der Waals surface area contributed by atoms with E-state index >= 15 is 0 Å². The van der Waals surface area contributed by atoms with Gasteiger partial charge in [0.05, 0.1) is 12.0 Å². The molecule has 60 valence electrons. The molecular formula is C8H9BrOS. The lowest BCUT2D eigenvalue weighted by Crippen LogP contribution is -1.88. The van der Waals surface area contributed by atoms with Crippen LogP contribution in [-0.4, -0.2) is 7.11 Å². The number of methoxy groups -OCH3 is 1. The number of ether oxygens (including phenoxy) is 1. The van der Waals surface area contributed by atoms with Gasteiger partial charge in [-0.25, -0.2) is 0 Å². The number of rotatable bonds is 1. The van der Waals surface area contributed by atoms with Crippen molar-refractivity contribution in [2.45, 2.75) is 11.8 Å². The molecule has 0 spiro atoms. The molecule has 0 N–H and O–H groups in total. The van der Waals surface area contributed by atoms with Crippen LogP contribution in [0.2, 0.25) is 0 Å². The molecule has 0 unspecified atom stereocenters. The van der Waals surface area contributed by atoms with E-state index in [1.807, 2.05) is 19.1 Å². The van der Waals surface area contributed by atoms with Crippen molar-refractivity contribution >= 4 is 28.6 Å². The first-order valence-electron chi connectivity index (χ1n) is 3.19. The fraction of sp³-hybridized carbons (Fsp3) is 0.250. The second-order valence-electron chi connectivity index (χ2n) is 2.25. The van der Waals surface area contributed by atoms with Gasteiger partial charge in [0.25, 0.3) is 0 Å². The molecule has 0 heterocycles. The summed E-state index contributed by atoms with van der Waals surface area (Å²) in [7, 11) is 1.65. The summed E-state index contributed by atoms with van der Waals surface area (Å²) in [5, 5.41) is 0. The van der Waals surface area contributed by atoms with E-state index in [4.69, 9.17) is 4.74 Å². The Hall–Kier alpha value is -0.150. The molecule has 3 heteroatoms. The first kappa shape index (κ1) is 8.94. The van der Waals surface area contributed by atoms with Crippen molar-refractivity contribution in [3.63, 3.8) is 0 Å². The minimum Gasteiger partial charge on any atom is -0.495 e. The van der Waals surface area contributed by atoms with E-state index in [9.17, 15) is 0 Å². The summed E-state index contributed by atoms with van der Waals surface area (Å²) in [6.07, 6.45) is 0. The highest BCUT2D eigenvalue weighted by molar-refractivity contribution is 9.10. The molecule has 0 aliphatic carbocycles. The van der Waals surface area contributed by atoms with Crippen LogP contribution in [0.15, 0.2) is 21.5 Å². The summed E-state index contributed by atoms with van der Waals surface area (Å²) in [5.41, 5.74) is 1.10. The molecule has 0 aromatic heterocycles. The smallest absolute Gasteiger partial charge is 0.136 e. The fourth-order valence-electron chi connectivity index (χ4n) is 0.906. The second kappa shape index (κ2) is 3.50. The number of halogens is 1. The van der Waals surface area contributed by atoms with Crippen LogP contribution in [0, 0.1) is 6.92 Å². The molecule has 1 aromatic carbocycles. The van der Waals surface area contributed by atoms with Crippen molar-refractivity contribution in [1.29, 1.82) is 0 Å². The lowest BCUT2D eigenvalue weighted by Gasteiger charge is -2.07. The molecule has 0 saturated carbocycles. The van der Waals surface area contributed by atoms with Crippen LogP contribution in [0.1, 0.15) is 5.56 Å². The van der Waals surface area contributed by atoms with Gasteiger partial charge in [0, 0.05) is 4.47 Å². The van der Waals surface area contributed by atoms with Crippen molar-refractivity contribution in [3.05, 3.63) is 22.2 Å². The van der Waals surface area contributed by atoms with Gasteiger partial charge in [0.1, 0.15) is 5.75 Å². The zero-order valence-electron chi connectivity index (χ0n) is 6.39. The molecule has 0 aliphatic heterocycles. The highest BCUT2D eigenvalue weighted by Crippen LogP contribution is 2.32. The minimum absolute atomic E-state index is 0.836. The van der Waals surface area contributed by atoms with Crippen LogP contribution in [0.3, 0.4) is 0 Å². The summed E-state index contributed by atoms with van der Waals surface area (Å²) in [6.45, 7) is 1.99. The Morgan fingerprint density at radius 2 is 2.09 bits per heavy atom. The standard InChI is InChI=1S/C8H9BrOS/c1-5-3-4-6(9)8(11)7(5)10-2/h3-4,11H,1-2H3. The molecule has 0 radical (unpaired) electrons. The Labute approximate surface area is 80.3 Å². The van der Waals surface area contributed by atoms with Crippen molar-refractivity contribution in [3.8, 4) is 5.75 Å². The number of thiol groups is 1. The predicted octanol–water partition coefficient (Wildman–Crippen LogP) is 3.05. The third-order valence-electron chi connectivity index (χ3n) is 1.48. The molecule has 0 saturated heterocycles. The van der Waals surface area contributed by atoms with E-state index in [-0.39, 0.29) is 0 Å². The zero-order chi connectivity index (χ0) is 8.43. The summed E-state index contributed by atoms with van der Waals surface area (Å²) >= 11 is 7.65. The molecule has 1 aromatic rings. The van der Waals surface area contributed by atoms with Crippen LogP contribution in [0.25, 0.3) is 0 Å². The Morgan fingerprint density at radius 3 is 2.55 bits per heavy atom. The van der Waals surface area contributed by atoms with Gasteiger partial charge in [-0.1, -0.05) is 6.07 Å². The summed E-state index contributed by atoms with van der Waals surface area (Å²) in [6, 6.07) is 3.95. The summed E-state index contributed by atoms with van der Waals surface area (Å²) < 4.78 is 6.11. The molecule has 11 heavy (non-hydrogen) atoms. The highest BCUT2D eigenvalue weighted by Gasteiger charge is 2.05. The maximum absolute atomic E-state index is 5.15. The Bertz CT molecular complexity index is 273. The van der Waals surface area contributed by atoms with Crippen LogP contribution in [0.5, 0.6) is 5.75 Å². The highest BCUT2D eigenvalue weighted by atomic mass is 79.9. The molecule has 0 fully saturated rings. The van der Waals surface area contributed by atoms with E-state index in [1.54, 1.807) is 7.11 Å². The van der Waals surface area contributed by atoms with Gasteiger partial charge in [-0.3, -0.25) is 0 Å². The van der Waals surface area contributed by atoms with Gasteiger partial charge in [-0.05, 0) is 34.5 Å². The van der Waals surface area contributed by atoms with E-state index in [0.29, 0.717) is 0 Å². The van der Waals surface area contributed by atoms with Crippen LogP contribution >= 0.6 is 28.6 Å². The van der Waals surface area contributed by atoms with Crippen molar-refractivity contribution in [1.82, 2.24) is 0 Å². The van der Waals surface area contributed by atoms with Crippen LogP contribution < -0.4 is 4.74 Å². The number of aryl methyl sites for hydroxylation is 1. The minimum atomic E-state index is 0.836. The zero-order valence-corrected chi connectivity index (χ0v) is 8.87. The SMILES string of the molecule is COc1c(C)ccc(Br)c1S. The van der Waals surface area contributed by atoms with Crippen LogP contribution in [-0.2, 0) is 0 Å². The fourth-order valence-corrected chi connectivity index (χ4v) is 1.56. The van der Waals surface area contributed by atoms with E-state index in [2.05, 4.69) is 28.6 Å². The Kier molecular flexibility index (Phi) is 2.84. The molecule has 0 bridgehead atoms. The number of hydrogen-bond acceptors (Lipinski definition) is 2. The quantitative estimate of drug-likeness (QED) is 0.733. The maximum atomic E-state index is 5.15. The van der Waals surface area contributed by atoms with Crippen LogP contribution in [0.4, 0.5) is 0 Å². The summed E-state index contributed by atoms with van der Waals surface area (Å²) in [5.74, 6) is 0.836. The largest absolute Gasteiger partial charge is 0.495 e. The summed E-state index contributed by atoms with van der Waals surface area (Å²) in [4.78, 5) is 0.854. The molecule has 1 rings (SSSR count). The first-order chi connectivity index (χ1) is 5.16. The van der Waals surface area contributed by atoms with E-state index in [0.717, 1.165) is 20.7 Å². The van der Waals surface area contributed by atoms with Gasteiger partial charge in [-0.15, -0.1) is 12.6 Å². The molecule has 0 amide bonds. The molecule has 1 nitrogen and oxygen atoms in total. The van der Waals surface area contributed by atoms with Gasteiger partial charge in [0.15, 0.2) is 0 Å². The average Bonchev–Trinajstić information content (AvgIpc) is 1.99. The first-order valence-corrected chi connectivity index (χ1v) is 4.43. The monoisotopic (exact) mass is 232 g/mol. The van der Waals surface area contributed by atoms with Gasteiger partial charge in [-0.2, -0.15) is 0 Å². The Balaban J connectivity index is 3.29. The van der Waals surface area contributed by atoms with Gasteiger partial charge < -0.3 is 4.74 Å². The average molecular weight is 233 g/mol. The third-order valence-corrected chi connectivity index (χ3v) is 2.89. The molecule has 0 atom stereocenters. The lowest BCUT2D eigenvalue weighted by molar-refractivity contribution is 0.401. The van der Waals surface area contributed by atoms with Crippen molar-refractivity contribution in [2.75, 3.05) is 7.11 Å². The second-order valence-corrected chi connectivity index (χ2v) is 3.55. The van der Waals surface area contributed by atoms with Gasteiger partial charge >= 0.3 is 0 Å².